The first-order valence-electron chi connectivity index (χ1n) is 10.4. The third kappa shape index (κ3) is 4.73. The zero-order chi connectivity index (χ0) is 18.1. The fraction of sp³-hybridized carbons (Fsp3) is 0.423. The Hall–Kier alpha value is -0.937. The van der Waals surface area contributed by atoms with Gasteiger partial charge in [0.2, 0.25) is 0 Å². The van der Waals surface area contributed by atoms with E-state index in [1.54, 1.807) is 0 Å². The first-order valence-corrected chi connectivity index (χ1v) is 10.4. The van der Waals surface area contributed by atoms with Crippen LogP contribution in [0.3, 0.4) is 0 Å². The fourth-order valence-corrected chi connectivity index (χ4v) is 4.66. The van der Waals surface area contributed by atoms with Crippen LogP contribution in [0, 0.1) is 19.3 Å². The van der Waals surface area contributed by atoms with Gasteiger partial charge in [-0.15, -0.1) is 0 Å². The maximum Gasteiger partial charge on any atom is 0.0164 e. The van der Waals surface area contributed by atoms with Crippen molar-refractivity contribution in [3.05, 3.63) is 70.6 Å². The van der Waals surface area contributed by atoms with Gasteiger partial charge in [0.15, 0.2) is 0 Å². The molecule has 1 heteroatoms. The normalized spacial score (nSPS) is 16.8. The van der Waals surface area contributed by atoms with Gasteiger partial charge < -0.3 is 0 Å². The van der Waals surface area contributed by atoms with E-state index in [2.05, 4.69) is 69.7 Å². The summed E-state index contributed by atoms with van der Waals surface area (Å²) in [4.78, 5) is 0. The van der Waals surface area contributed by atoms with E-state index in [1.165, 1.54) is 77.5 Å². The third-order valence-corrected chi connectivity index (χ3v) is 6.16. The van der Waals surface area contributed by atoms with E-state index in [0.29, 0.717) is 5.92 Å². The van der Waals surface area contributed by atoms with Crippen molar-refractivity contribution >= 4 is 6.08 Å². The Bertz CT molecular complexity index is 805. The van der Waals surface area contributed by atoms with Gasteiger partial charge in [0.25, 0.3) is 0 Å². The van der Waals surface area contributed by atoms with Crippen LogP contribution < -0.4 is 0 Å². The first-order chi connectivity index (χ1) is 12.6. The Balaban J connectivity index is 0.00000210. The van der Waals surface area contributed by atoms with Gasteiger partial charge in [-0.2, -0.15) is 0 Å². The molecule has 1 fully saturated rings. The number of aryl methyl sites for hydroxylation is 1. The van der Waals surface area contributed by atoms with Crippen LogP contribution in [0.25, 0.3) is 17.2 Å². The molecule has 0 aromatic heterocycles. The Morgan fingerprint density at radius 3 is 2.33 bits per heavy atom. The van der Waals surface area contributed by atoms with Crippen molar-refractivity contribution in [3.63, 3.8) is 0 Å². The molecule has 0 atom stereocenters. The van der Waals surface area contributed by atoms with Crippen molar-refractivity contribution in [2.45, 2.75) is 65.2 Å². The smallest absolute Gasteiger partial charge is 0.0164 e. The monoisotopic (exact) mass is 433 g/mol. The van der Waals surface area contributed by atoms with Crippen LogP contribution in [-0.2, 0) is 26.2 Å². The molecule has 0 N–H and O–H groups in total. The van der Waals surface area contributed by atoms with Crippen molar-refractivity contribution in [3.8, 4) is 11.1 Å². The van der Waals surface area contributed by atoms with Crippen LogP contribution >= 0.6 is 0 Å². The van der Waals surface area contributed by atoms with Crippen LogP contribution in [0.4, 0.5) is 0 Å². The van der Waals surface area contributed by atoms with Gasteiger partial charge in [0.1, 0.15) is 0 Å². The molecule has 2 aliphatic carbocycles. The predicted molar refractivity (Wildman–Crippen MR) is 113 cm³/mol. The van der Waals surface area contributed by atoms with E-state index < -0.39 is 0 Å². The molecular formula is C26H31Zr. The summed E-state index contributed by atoms with van der Waals surface area (Å²) >= 11 is 0. The van der Waals surface area contributed by atoms with Gasteiger partial charge in [-0.05, 0) is 53.0 Å². The molecule has 0 bridgehead atoms. The molecule has 0 amide bonds. The predicted octanol–water partition coefficient (Wildman–Crippen LogP) is 7.70. The van der Waals surface area contributed by atoms with Gasteiger partial charge >= 0.3 is 0 Å². The largest absolute Gasteiger partial charge is 0.0609 e. The molecule has 139 valence electrons. The third-order valence-electron chi connectivity index (χ3n) is 6.16. The summed E-state index contributed by atoms with van der Waals surface area (Å²) in [6, 6.07) is 13.9. The van der Waals surface area contributed by atoms with Crippen LogP contribution in [0.15, 0.2) is 42.0 Å². The minimum Gasteiger partial charge on any atom is -0.0609 e. The van der Waals surface area contributed by atoms with Gasteiger partial charge in [0, 0.05) is 32.6 Å². The molecule has 27 heavy (non-hydrogen) atoms. The number of allylic oxidation sites excluding steroid dienone is 1. The van der Waals surface area contributed by atoms with Crippen molar-refractivity contribution in [2.24, 2.45) is 5.92 Å². The molecular weight excluding hydrogens is 404 g/mol. The van der Waals surface area contributed by atoms with Crippen LogP contribution in [0.1, 0.15) is 80.5 Å². The molecule has 0 nitrogen and oxygen atoms in total. The summed E-state index contributed by atoms with van der Waals surface area (Å²) in [7, 11) is 0. The molecule has 0 saturated heterocycles. The fourth-order valence-electron chi connectivity index (χ4n) is 4.66. The van der Waals surface area contributed by atoms with Crippen molar-refractivity contribution in [2.75, 3.05) is 0 Å². The average molecular weight is 435 g/mol. The van der Waals surface area contributed by atoms with Crippen molar-refractivity contribution in [1.82, 2.24) is 0 Å². The van der Waals surface area contributed by atoms with E-state index in [0.717, 1.165) is 5.92 Å². The second-order valence-corrected chi connectivity index (χ2v) is 8.66. The molecule has 0 aliphatic heterocycles. The molecule has 0 unspecified atom stereocenters. The van der Waals surface area contributed by atoms with Gasteiger partial charge in [-0.25, -0.2) is 0 Å². The average Bonchev–Trinajstić information content (AvgIpc) is 3.04. The molecule has 4 rings (SSSR count). The molecule has 2 aromatic rings. The van der Waals surface area contributed by atoms with Gasteiger partial charge in [-0.1, -0.05) is 99.6 Å². The standard InChI is InChI=1S/C26H31.Zr/c1-18(2)22-9-11-23(12-10-22)25-14-19(3)13-24-16-21(17-26(24)25)15-20-7-5-4-6-8-20;/h9-14,16-18,20H,4-8,15H2,1-3H3;. The Kier molecular flexibility index (Phi) is 6.96. The number of fused-ring (bicyclic) bond motifs is 1. The zero-order valence-electron chi connectivity index (χ0n) is 17.0. The summed E-state index contributed by atoms with van der Waals surface area (Å²) < 4.78 is 0. The summed E-state index contributed by atoms with van der Waals surface area (Å²) in [5, 5.41) is 0. The maximum atomic E-state index is 2.47. The number of rotatable bonds is 4. The van der Waals surface area contributed by atoms with E-state index in [4.69, 9.17) is 0 Å². The van der Waals surface area contributed by atoms with Crippen LogP contribution in [0.5, 0.6) is 0 Å². The van der Waals surface area contributed by atoms with Crippen molar-refractivity contribution in [1.29, 1.82) is 0 Å². The Morgan fingerprint density at radius 1 is 0.963 bits per heavy atom. The molecule has 0 heterocycles. The van der Waals surface area contributed by atoms with E-state index in [-0.39, 0.29) is 26.2 Å². The maximum absolute atomic E-state index is 2.47. The summed E-state index contributed by atoms with van der Waals surface area (Å²) in [5.41, 5.74) is 9.89. The molecule has 1 radical (unpaired) electrons. The second-order valence-electron chi connectivity index (χ2n) is 8.66. The van der Waals surface area contributed by atoms with Gasteiger partial charge in [-0.3, -0.25) is 0 Å². The van der Waals surface area contributed by atoms with E-state index in [1.807, 2.05) is 0 Å². The number of hydrogen-bond donors (Lipinski definition) is 0. The molecule has 1 saturated carbocycles. The van der Waals surface area contributed by atoms with E-state index in [9.17, 15) is 0 Å². The molecule has 2 aliphatic rings. The molecule has 2 aromatic carbocycles. The number of benzene rings is 2. The quantitative estimate of drug-likeness (QED) is 0.462. The minimum absolute atomic E-state index is 0. The second kappa shape index (κ2) is 9.04. The topological polar surface area (TPSA) is 0 Å². The zero-order valence-corrected chi connectivity index (χ0v) is 19.5. The summed E-state index contributed by atoms with van der Waals surface area (Å²) in [6.07, 6.45) is 13.3. The first kappa shape index (κ1) is 20.8. The SMILES string of the molecule is Cc1cc2c(c(-c3ccc(C(C)C)cc3)c1)C=C(CC1CCCCC1)[CH]2.[Zr]. The van der Waals surface area contributed by atoms with Crippen LogP contribution in [-0.4, -0.2) is 0 Å². The number of hydrogen-bond acceptors (Lipinski definition) is 0. The Morgan fingerprint density at radius 2 is 1.67 bits per heavy atom. The summed E-state index contributed by atoms with van der Waals surface area (Å²) in [6.45, 7) is 6.74. The van der Waals surface area contributed by atoms with Crippen molar-refractivity contribution < 1.29 is 26.2 Å². The minimum atomic E-state index is 0. The van der Waals surface area contributed by atoms with Gasteiger partial charge in [0.05, 0.1) is 0 Å². The van der Waals surface area contributed by atoms with Crippen LogP contribution in [0.2, 0.25) is 0 Å². The molecule has 0 spiro atoms. The Labute approximate surface area is 184 Å². The summed E-state index contributed by atoms with van der Waals surface area (Å²) in [5.74, 6) is 1.48. The van der Waals surface area contributed by atoms with E-state index >= 15 is 0 Å².